The fourth-order valence-electron chi connectivity index (χ4n) is 2.71. The molecule has 3 amide bonds. The Labute approximate surface area is 143 Å². The second-order valence-corrected chi connectivity index (χ2v) is 5.98. The van der Waals surface area contributed by atoms with Crippen molar-refractivity contribution in [1.29, 1.82) is 0 Å². The van der Waals surface area contributed by atoms with E-state index in [4.69, 9.17) is 4.74 Å². The number of amides is 3. The maximum absolute atomic E-state index is 12.2. The number of para-hydroxylation sites is 1. The van der Waals surface area contributed by atoms with Crippen LogP contribution in [-0.4, -0.2) is 49.2 Å². The minimum Gasteiger partial charge on any atom is -0.378 e. The van der Waals surface area contributed by atoms with Gasteiger partial charge in [0.05, 0.1) is 12.6 Å². The van der Waals surface area contributed by atoms with Crippen LogP contribution in [0.4, 0.5) is 10.5 Å². The molecule has 1 atom stereocenters. The SMILES string of the molecule is CCCO[C@H]1CCCN(C(=O)NCC(=O)Nc2ccccc2)CC1. The summed E-state index contributed by atoms with van der Waals surface area (Å²) >= 11 is 0. The Morgan fingerprint density at radius 3 is 2.75 bits per heavy atom. The molecule has 0 spiro atoms. The van der Waals surface area contributed by atoms with Gasteiger partial charge in [-0.3, -0.25) is 4.79 Å². The van der Waals surface area contributed by atoms with Gasteiger partial charge in [-0.25, -0.2) is 4.79 Å². The van der Waals surface area contributed by atoms with Crippen LogP contribution in [0.1, 0.15) is 32.6 Å². The van der Waals surface area contributed by atoms with Crippen LogP contribution in [0.5, 0.6) is 0 Å². The van der Waals surface area contributed by atoms with Gasteiger partial charge in [0.2, 0.25) is 5.91 Å². The van der Waals surface area contributed by atoms with Crippen LogP contribution >= 0.6 is 0 Å². The lowest BCUT2D eigenvalue weighted by Crippen LogP contribution is -2.43. The van der Waals surface area contributed by atoms with Gasteiger partial charge in [0.1, 0.15) is 0 Å². The zero-order valence-corrected chi connectivity index (χ0v) is 14.3. The summed E-state index contributed by atoms with van der Waals surface area (Å²) in [6.45, 7) is 4.21. The van der Waals surface area contributed by atoms with E-state index >= 15 is 0 Å². The first-order chi connectivity index (χ1) is 11.7. The van der Waals surface area contributed by atoms with E-state index in [1.54, 1.807) is 4.90 Å². The zero-order valence-electron chi connectivity index (χ0n) is 14.3. The maximum Gasteiger partial charge on any atom is 0.317 e. The Kier molecular flexibility index (Phi) is 7.55. The number of carbonyl (C=O) groups excluding carboxylic acids is 2. The minimum atomic E-state index is -0.228. The van der Waals surface area contributed by atoms with Crippen molar-refractivity contribution < 1.29 is 14.3 Å². The Morgan fingerprint density at radius 1 is 1.21 bits per heavy atom. The third kappa shape index (κ3) is 6.20. The van der Waals surface area contributed by atoms with E-state index in [9.17, 15) is 9.59 Å². The van der Waals surface area contributed by atoms with E-state index in [-0.39, 0.29) is 24.6 Å². The van der Waals surface area contributed by atoms with Crippen LogP contribution in [0.15, 0.2) is 30.3 Å². The van der Waals surface area contributed by atoms with Crippen molar-refractivity contribution in [2.75, 3.05) is 31.6 Å². The van der Waals surface area contributed by atoms with Crippen molar-refractivity contribution in [2.45, 2.75) is 38.7 Å². The van der Waals surface area contributed by atoms with Gasteiger partial charge < -0.3 is 20.3 Å². The van der Waals surface area contributed by atoms with Crippen molar-refractivity contribution in [3.63, 3.8) is 0 Å². The topological polar surface area (TPSA) is 70.7 Å². The second kappa shape index (κ2) is 9.93. The molecule has 1 saturated heterocycles. The molecule has 1 aliphatic heterocycles. The molecule has 132 valence electrons. The standard InChI is InChI=1S/C18H27N3O3/c1-2-13-24-16-9-6-11-21(12-10-16)18(23)19-14-17(22)20-15-7-4-3-5-8-15/h3-5,7-8,16H,2,6,9-14H2,1H3,(H,19,23)(H,20,22)/t16-/m0/s1. The number of nitrogens with zero attached hydrogens (tertiary/aromatic N) is 1. The number of ether oxygens (including phenoxy) is 1. The molecular formula is C18H27N3O3. The summed E-state index contributed by atoms with van der Waals surface area (Å²) in [5.41, 5.74) is 0.724. The molecule has 1 aromatic rings. The Morgan fingerprint density at radius 2 is 2.00 bits per heavy atom. The predicted molar refractivity (Wildman–Crippen MR) is 93.9 cm³/mol. The van der Waals surface area contributed by atoms with Gasteiger partial charge in [-0.05, 0) is 37.8 Å². The van der Waals surface area contributed by atoms with Gasteiger partial charge in [-0.15, -0.1) is 0 Å². The normalized spacial score (nSPS) is 17.9. The van der Waals surface area contributed by atoms with Crippen LogP contribution in [0.3, 0.4) is 0 Å². The van der Waals surface area contributed by atoms with Crippen molar-refractivity contribution in [1.82, 2.24) is 10.2 Å². The quantitative estimate of drug-likeness (QED) is 0.841. The third-order valence-corrected chi connectivity index (χ3v) is 3.98. The highest BCUT2D eigenvalue weighted by molar-refractivity contribution is 5.94. The molecule has 24 heavy (non-hydrogen) atoms. The van der Waals surface area contributed by atoms with Gasteiger partial charge in [0, 0.05) is 25.4 Å². The van der Waals surface area contributed by atoms with E-state index < -0.39 is 0 Å². The number of hydrogen-bond acceptors (Lipinski definition) is 3. The fraction of sp³-hybridized carbons (Fsp3) is 0.556. The van der Waals surface area contributed by atoms with Crippen LogP contribution in [-0.2, 0) is 9.53 Å². The van der Waals surface area contributed by atoms with E-state index in [1.165, 1.54) is 0 Å². The van der Waals surface area contributed by atoms with Crippen molar-refractivity contribution in [3.05, 3.63) is 30.3 Å². The first-order valence-electron chi connectivity index (χ1n) is 8.68. The summed E-state index contributed by atoms with van der Waals surface area (Å²) < 4.78 is 5.78. The summed E-state index contributed by atoms with van der Waals surface area (Å²) in [5, 5.41) is 5.44. The average Bonchev–Trinajstić information content (AvgIpc) is 2.84. The molecule has 2 rings (SSSR count). The van der Waals surface area contributed by atoms with E-state index in [0.717, 1.165) is 38.0 Å². The summed E-state index contributed by atoms with van der Waals surface area (Å²) in [5.74, 6) is -0.228. The smallest absolute Gasteiger partial charge is 0.317 e. The van der Waals surface area contributed by atoms with E-state index in [2.05, 4.69) is 17.6 Å². The molecule has 1 fully saturated rings. The molecule has 0 aromatic heterocycles. The molecule has 1 heterocycles. The summed E-state index contributed by atoms with van der Waals surface area (Å²) in [6.07, 6.45) is 4.01. The second-order valence-electron chi connectivity index (χ2n) is 5.98. The molecule has 1 aliphatic rings. The number of anilines is 1. The van der Waals surface area contributed by atoms with E-state index in [0.29, 0.717) is 13.1 Å². The van der Waals surface area contributed by atoms with Gasteiger partial charge in [0.25, 0.3) is 0 Å². The average molecular weight is 333 g/mol. The number of carbonyl (C=O) groups is 2. The van der Waals surface area contributed by atoms with Crippen LogP contribution in [0.2, 0.25) is 0 Å². The lowest BCUT2D eigenvalue weighted by Gasteiger charge is -2.21. The Hall–Kier alpha value is -2.08. The van der Waals surface area contributed by atoms with Crippen LogP contribution in [0.25, 0.3) is 0 Å². The molecule has 0 unspecified atom stereocenters. The number of urea groups is 1. The highest BCUT2D eigenvalue weighted by atomic mass is 16.5. The van der Waals surface area contributed by atoms with Crippen molar-refractivity contribution >= 4 is 17.6 Å². The molecule has 0 aliphatic carbocycles. The van der Waals surface area contributed by atoms with Crippen molar-refractivity contribution in [2.24, 2.45) is 0 Å². The molecule has 0 bridgehead atoms. The minimum absolute atomic E-state index is 0.0278. The van der Waals surface area contributed by atoms with Crippen LogP contribution < -0.4 is 10.6 Å². The van der Waals surface area contributed by atoms with Gasteiger partial charge in [-0.1, -0.05) is 25.1 Å². The Balaban J connectivity index is 1.71. The molecular weight excluding hydrogens is 306 g/mol. The van der Waals surface area contributed by atoms with Crippen molar-refractivity contribution in [3.8, 4) is 0 Å². The Bertz CT molecular complexity index is 522. The molecule has 0 radical (unpaired) electrons. The van der Waals surface area contributed by atoms with Gasteiger partial charge in [0.15, 0.2) is 0 Å². The fourth-order valence-corrected chi connectivity index (χ4v) is 2.71. The lowest BCUT2D eigenvalue weighted by atomic mass is 10.2. The molecule has 6 heteroatoms. The summed E-state index contributed by atoms with van der Waals surface area (Å²) in [6, 6.07) is 9.02. The number of nitrogens with one attached hydrogen (secondary N) is 2. The first-order valence-corrected chi connectivity index (χ1v) is 8.68. The number of rotatable bonds is 6. The number of benzene rings is 1. The van der Waals surface area contributed by atoms with E-state index in [1.807, 2.05) is 30.3 Å². The molecule has 1 aromatic carbocycles. The summed E-state index contributed by atoms with van der Waals surface area (Å²) in [4.78, 5) is 25.9. The molecule has 2 N–H and O–H groups in total. The highest BCUT2D eigenvalue weighted by Crippen LogP contribution is 2.14. The molecule has 0 saturated carbocycles. The molecule has 6 nitrogen and oxygen atoms in total. The first kappa shape index (κ1) is 18.3. The lowest BCUT2D eigenvalue weighted by molar-refractivity contribution is -0.115. The number of likely N-dealkylation sites (tertiary alicyclic amines) is 1. The van der Waals surface area contributed by atoms with Gasteiger partial charge >= 0.3 is 6.03 Å². The third-order valence-electron chi connectivity index (χ3n) is 3.98. The largest absolute Gasteiger partial charge is 0.378 e. The monoisotopic (exact) mass is 333 g/mol. The predicted octanol–water partition coefficient (Wildman–Crippen LogP) is 2.62. The zero-order chi connectivity index (χ0) is 17.2. The van der Waals surface area contributed by atoms with Gasteiger partial charge in [-0.2, -0.15) is 0 Å². The summed E-state index contributed by atoms with van der Waals surface area (Å²) in [7, 11) is 0. The highest BCUT2D eigenvalue weighted by Gasteiger charge is 2.21. The number of hydrogen-bond donors (Lipinski definition) is 2. The van der Waals surface area contributed by atoms with Crippen LogP contribution in [0, 0.1) is 0 Å². The maximum atomic E-state index is 12.2.